The number of likely N-dealkylation sites (N-methyl/N-ethyl adjacent to an activating group) is 2. The third-order valence-corrected chi connectivity index (χ3v) is 8.16. The van der Waals surface area contributed by atoms with E-state index in [2.05, 4.69) is 0 Å². The van der Waals surface area contributed by atoms with E-state index in [4.69, 9.17) is 25.3 Å². The van der Waals surface area contributed by atoms with Crippen LogP contribution in [0.2, 0.25) is 0 Å². The van der Waals surface area contributed by atoms with E-state index in [9.17, 15) is 15.3 Å². The minimum Gasteiger partial charge on any atom is -0.508 e. The number of hydrogen-bond donors (Lipinski definition) is 3. The Kier molecular flexibility index (Phi) is 8.51. The van der Waals surface area contributed by atoms with Crippen LogP contribution in [0.5, 0.6) is 11.5 Å². The highest BCUT2D eigenvalue weighted by Gasteiger charge is 2.40. The zero-order valence-electron chi connectivity index (χ0n) is 38.4. The number of ether oxygens (including phenoxy) is 1. The van der Waals surface area contributed by atoms with Crippen LogP contribution in [0.25, 0.3) is 0 Å². The number of phenolic OH excluding ortho intramolecular Hbond substituents is 1. The van der Waals surface area contributed by atoms with Crippen molar-refractivity contribution in [3.05, 3.63) is 59.7 Å². The van der Waals surface area contributed by atoms with Crippen molar-refractivity contribution in [2.24, 2.45) is 0 Å². The largest absolute Gasteiger partial charge is 0.508 e. The average molecular weight is 624 g/mol. The number of hydrogen-bond acceptors (Lipinski definition) is 6. The maximum absolute atomic E-state index is 11.3. The molecule has 3 N–H and O–H groups in total. The van der Waals surface area contributed by atoms with Gasteiger partial charge in [-0.3, -0.25) is 0 Å². The molecule has 0 amide bonds. The summed E-state index contributed by atoms with van der Waals surface area (Å²) in [5.41, 5.74) is -1.25. The molecule has 2 saturated carbocycles. The number of benzene rings is 2. The summed E-state index contributed by atoms with van der Waals surface area (Å²) in [7, 11) is -2.61. The molecule has 2 aliphatic carbocycles. The standard InChI is InChI=1S/C17H27NO2.C16H25NO2.2H2S/c1-18(2)13-16(17(19)11-5-4-6-12-17)14-7-9-15(20-3)10-8-14;1-17(2)12-15(13-6-8-14(18)9-7-13)16(19)10-4-3-5-11-16;;/h7-10,16,19H,4-6,11-13H2,1-3H3;6-9,15,18-19H,3-5,10-12H2,1-2H3;2*1H2/t16-;15-;;/m11../s1/i1D3,2D3,3D3;1D3,2D3;;. The first-order valence-corrected chi connectivity index (χ1v) is 13.6. The van der Waals surface area contributed by atoms with Crippen LogP contribution in [0.4, 0.5) is 0 Å². The second kappa shape index (κ2) is 17.6. The molecule has 41 heavy (non-hydrogen) atoms. The van der Waals surface area contributed by atoms with E-state index in [0.29, 0.717) is 46.6 Å². The molecule has 0 spiro atoms. The van der Waals surface area contributed by atoms with Crippen molar-refractivity contribution in [1.29, 1.82) is 0 Å². The Morgan fingerprint density at radius 1 is 0.683 bits per heavy atom. The lowest BCUT2D eigenvalue weighted by Crippen LogP contribution is -2.42. The highest BCUT2D eigenvalue weighted by Crippen LogP contribution is 2.41. The van der Waals surface area contributed by atoms with E-state index in [0.717, 1.165) is 38.5 Å². The monoisotopic (exact) mass is 623 g/mol. The molecule has 8 heteroatoms. The first-order chi connectivity index (χ1) is 24.6. The van der Waals surface area contributed by atoms with Gasteiger partial charge in [0.05, 0.1) is 22.4 Å². The van der Waals surface area contributed by atoms with Crippen molar-refractivity contribution in [1.82, 2.24) is 9.80 Å². The molecular weight excluding hydrogens is 553 g/mol. The van der Waals surface area contributed by atoms with Gasteiger partial charge in [0.2, 0.25) is 0 Å². The highest BCUT2D eigenvalue weighted by molar-refractivity contribution is 7.59. The fraction of sp³-hybridized carbons (Fsp3) is 0.636. The Balaban J connectivity index is 0.000000546. The minimum absolute atomic E-state index is 0. The molecule has 0 aliphatic heterocycles. The Hall–Kier alpha value is -1.42. The maximum Gasteiger partial charge on any atom is 0.118 e. The van der Waals surface area contributed by atoms with Gasteiger partial charge in [-0.2, -0.15) is 27.0 Å². The van der Waals surface area contributed by atoms with E-state index in [1.54, 1.807) is 24.3 Å². The third-order valence-electron chi connectivity index (χ3n) is 8.16. The van der Waals surface area contributed by atoms with E-state index in [1.807, 2.05) is 0 Å². The molecule has 0 heterocycles. The van der Waals surface area contributed by atoms with E-state index < -0.39 is 58.0 Å². The number of methoxy groups -OCH3 is 1. The molecule has 2 atom stereocenters. The Morgan fingerprint density at radius 2 is 1.07 bits per heavy atom. The molecule has 0 radical (unpaired) electrons. The van der Waals surface area contributed by atoms with Crippen LogP contribution < -0.4 is 4.74 Å². The van der Waals surface area contributed by atoms with Crippen molar-refractivity contribution >= 4 is 27.0 Å². The zero-order valence-corrected chi connectivity index (χ0v) is 25.4. The SMILES string of the molecule is S.S.[2H]C([2H])([2H])N(C[C@H](c1ccc(O)cc1)C1(O)CCCCC1)C([2H])([2H])[2H].[2H]C([2H])([2H])Oc1ccc([C@@H](CN(C([2H])([2H])[2H])C([2H])([2H])[2H])C2(O)CCCCC2)cc1. The summed E-state index contributed by atoms with van der Waals surface area (Å²) in [6, 6.07) is 12.1. The van der Waals surface area contributed by atoms with E-state index >= 15 is 0 Å². The van der Waals surface area contributed by atoms with Crippen molar-refractivity contribution in [3.63, 3.8) is 0 Å². The summed E-state index contributed by atoms with van der Waals surface area (Å²) in [5.74, 6) is -1.28. The highest BCUT2D eigenvalue weighted by atomic mass is 32.1. The predicted octanol–water partition coefficient (Wildman–Crippen LogP) is 5.99. The Labute approximate surface area is 284 Å². The summed E-state index contributed by atoms with van der Waals surface area (Å²) < 4.78 is 118. The second-order valence-corrected chi connectivity index (χ2v) is 10.9. The summed E-state index contributed by atoms with van der Waals surface area (Å²) in [4.78, 5) is 0.966. The second-order valence-electron chi connectivity index (χ2n) is 10.9. The Morgan fingerprint density at radius 3 is 1.44 bits per heavy atom. The van der Waals surface area contributed by atoms with Gasteiger partial charge in [0, 0.05) is 41.4 Å². The van der Waals surface area contributed by atoms with Crippen molar-refractivity contribution < 1.29 is 40.6 Å². The molecule has 2 aromatic rings. The number of aliphatic hydroxyl groups is 2. The lowest BCUT2D eigenvalue weighted by molar-refractivity contribution is -0.0280. The molecule has 2 aromatic carbocycles. The van der Waals surface area contributed by atoms with Gasteiger partial charge in [-0.25, -0.2) is 0 Å². The summed E-state index contributed by atoms with van der Waals surface area (Å²) in [6.07, 6.45) is 6.93. The van der Waals surface area contributed by atoms with Crippen LogP contribution >= 0.6 is 27.0 Å². The fourth-order valence-corrected chi connectivity index (χ4v) is 6.04. The first-order valence-electron chi connectivity index (χ1n) is 21.1. The maximum atomic E-state index is 11.3. The van der Waals surface area contributed by atoms with Crippen molar-refractivity contribution in [3.8, 4) is 11.5 Å². The van der Waals surface area contributed by atoms with Crippen molar-refractivity contribution in [2.45, 2.75) is 87.2 Å². The van der Waals surface area contributed by atoms with Crippen LogP contribution in [0.3, 0.4) is 0 Å². The van der Waals surface area contributed by atoms with Gasteiger partial charge in [0.25, 0.3) is 0 Å². The number of phenols is 1. The number of nitrogens with zero attached hydrogens (tertiary/aromatic N) is 2. The van der Waals surface area contributed by atoms with Crippen LogP contribution in [-0.4, -0.2) is 84.4 Å². The molecule has 0 bridgehead atoms. The van der Waals surface area contributed by atoms with Gasteiger partial charge in [-0.1, -0.05) is 62.8 Å². The summed E-state index contributed by atoms with van der Waals surface area (Å²) in [6.45, 7) is -12.0. The van der Waals surface area contributed by atoms with Crippen LogP contribution in [-0.2, 0) is 0 Å². The quantitative estimate of drug-likeness (QED) is 0.319. The van der Waals surface area contributed by atoms with Gasteiger partial charge < -0.3 is 29.9 Å². The van der Waals surface area contributed by atoms with Gasteiger partial charge >= 0.3 is 0 Å². The minimum atomic E-state index is -2.86. The van der Waals surface area contributed by atoms with Crippen LogP contribution in [0.15, 0.2) is 48.5 Å². The van der Waals surface area contributed by atoms with Gasteiger partial charge in [-0.15, -0.1) is 0 Å². The lowest BCUT2D eigenvalue weighted by atomic mass is 9.72. The van der Waals surface area contributed by atoms with Crippen molar-refractivity contribution in [2.75, 3.05) is 48.0 Å². The molecule has 6 nitrogen and oxygen atoms in total. The molecule has 0 aromatic heterocycles. The van der Waals surface area contributed by atoms with Gasteiger partial charge in [0.15, 0.2) is 0 Å². The smallest absolute Gasteiger partial charge is 0.118 e. The summed E-state index contributed by atoms with van der Waals surface area (Å²) in [5, 5.41) is 32.0. The van der Waals surface area contributed by atoms with E-state index in [-0.39, 0.29) is 51.6 Å². The van der Waals surface area contributed by atoms with Crippen LogP contribution in [0, 0.1) is 0 Å². The molecule has 0 unspecified atom stereocenters. The lowest BCUT2D eigenvalue weighted by Gasteiger charge is -2.40. The van der Waals surface area contributed by atoms with Crippen LogP contribution in [0.1, 0.15) is 108 Å². The predicted molar refractivity (Wildman–Crippen MR) is 181 cm³/mol. The summed E-state index contributed by atoms with van der Waals surface area (Å²) >= 11 is 0. The molecule has 234 valence electrons. The fourth-order valence-electron chi connectivity index (χ4n) is 6.04. The first kappa shape index (κ1) is 19.8. The van der Waals surface area contributed by atoms with Gasteiger partial charge in [-0.05, 0) is 89.0 Å². The van der Waals surface area contributed by atoms with E-state index in [1.165, 1.54) is 24.3 Å². The molecule has 4 rings (SSSR count). The number of rotatable bonds is 9. The molecule has 2 fully saturated rings. The molecule has 2 aliphatic rings. The third kappa shape index (κ3) is 11.0. The normalized spacial score (nSPS) is 26.1. The van der Waals surface area contributed by atoms with Gasteiger partial charge in [0.1, 0.15) is 11.5 Å². The number of aromatic hydroxyl groups is 1. The average Bonchev–Trinajstić information content (AvgIpc) is 3.00. The topological polar surface area (TPSA) is 76.4 Å². The molecule has 0 saturated heterocycles. The molecular formula is C33H56N2O4S2. The Bertz CT molecular complexity index is 1430. The zero-order chi connectivity index (χ0) is 41.0.